The molecule has 1 aromatic carbocycles. The number of hydrogen-bond acceptors (Lipinski definition) is 3. The standard InChI is InChI=1S/C18H23F3N2O3/c1-17(2,3)26-16(25)23-9-12(8-15(22)24)14(10-23)11-4-6-13(7-5-11)18(19,20)21/h4-7,12,14H,8-10H2,1-3H3,(H2,22,24)/t12?,14-/m0/s1. The molecule has 8 heteroatoms. The van der Waals surface area contributed by atoms with Crippen LogP contribution in [-0.2, 0) is 15.7 Å². The molecule has 2 atom stereocenters. The predicted octanol–water partition coefficient (Wildman–Crippen LogP) is 3.53. The van der Waals surface area contributed by atoms with E-state index in [0.717, 1.165) is 12.1 Å². The maximum absolute atomic E-state index is 12.7. The second-order valence-corrected chi connectivity index (χ2v) is 7.54. The number of carbonyl (C=O) groups is 2. The second kappa shape index (κ2) is 7.17. The van der Waals surface area contributed by atoms with Crippen LogP contribution in [0.1, 0.15) is 44.2 Å². The third-order valence-electron chi connectivity index (χ3n) is 4.22. The normalized spacial score (nSPS) is 20.9. The number of amides is 2. The minimum absolute atomic E-state index is 0.0466. The number of hydrogen-bond donors (Lipinski definition) is 1. The molecule has 0 spiro atoms. The summed E-state index contributed by atoms with van der Waals surface area (Å²) >= 11 is 0. The van der Waals surface area contributed by atoms with E-state index in [2.05, 4.69) is 0 Å². The fraction of sp³-hybridized carbons (Fsp3) is 0.556. The summed E-state index contributed by atoms with van der Waals surface area (Å²) in [4.78, 5) is 25.1. The molecule has 1 unspecified atom stereocenters. The molecule has 2 rings (SSSR count). The molecular weight excluding hydrogens is 349 g/mol. The van der Waals surface area contributed by atoms with E-state index < -0.39 is 29.3 Å². The molecular formula is C18H23F3N2O3. The molecule has 1 fully saturated rings. The number of nitrogens with zero attached hydrogens (tertiary/aromatic N) is 1. The van der Waals surface area contributed by atoms with E-state index >= 15 is 0 Å². The quantitative estimate of drug-likeness (QED) is 0.882. The van der Waals surface area contributed by atoms with Crippen molar-refractivity contribution in [3.05, 3.63) is 35.4 Å². The number of likely N-dealkylation sites (tertiary alicyclic amines) is 1. The van der Waals surface area contributed by atoms with Gasteiger partial charge in [-0.05, 0) is 44.4 Å². The summed E-state index contributed by atoms with van der Waals surface area (Å²) in [5.74, 6) is -1.06. The lowest BCUT2D eigenvalue weighted by atomic mass is 9.86. The van der Waals surface area contributed by atoms with E-state index in [-0.39, 0.29) is 31.3 Å². The summed E-state index contributed by atoms with van der Waals surface area (Å²) < 4.78 is 43.6. The number of primary amides is 1. The fourth-order valence-corrected chi connectivity index (χ4v) is 3.11. The van der Waals surface area contributed by atoms with Gasteiger partial charge in [-0.25, -0.2) is 4.79 Å². The third kappa shape index (κ3) is 5.12. The van der Waals surface area contributed by atoms with Crippen molar-refractivity contribution in [2.45, 2.75) is 44.9 Å². The second-order valence-electron chi connectivity index (χ2n) is 7.54. The molecule has 2 amide bonds. The summed E-state index contributed by atoms with van der Waals surface area (Å²) in [7, 11) is 0. The van der Waals surface area contributed by atoms with E-state index in [1.54, 1.807) is 20.8 Å². The topological polar surface area (TPSA) is 72.6 Å². The van der Waals surface area contributed by atoms with E-state index in [1.165, 1.54) is 17.0 Å². The summed E-state index contributed by atoms with van der Waals surface area (Å²) in [6, 6.07) is 4.79. The van der Waals surface area contributed by atoms with Crippen molar-refractivity contribution in [1.82, 2.24) is 4.90 Å². The minimum Gasteiger partial charge on any atom is -0.444 e. The van der Waals surface area contributed by atoms with Gasteiger partial charge >= 0.3 is 12.3 Å². The van der Waals surface area contributed by atoms with Gasteiger partial charge in [0.25, 0.3) is 0 Å². The van der Waals surface area contributed by atoms with Gasteiger partial charge in [0.15, 0.2) is 0 Å². The highest BCUT2D eigenvalue weighted by molar-refractivity contribution is 5.75. The fourth-order valence-electron chi connectivity index (χ4n) is 3.11. The van der Waals surface area contributed by atoms with Crippen molar-refractivity contribution < 1.29 is 27.5 Å². The van der Waals surface area contributed by atoms with E-state index in [0.29, 0.717) is 5.56 Å². The molecule has 0 bridgehead atoms. The Kier molecular flexibility index (Phi) is 5.53. The van der Waals surface area contributed by atoms with Crippen molar-refractivity contribution in [1.29, 1.82) is 0 Å². The first-order valence-corrected chi connectivity index (χ1v) is 8.30. The minimum atomic E-state index is -4.41. The molecule has 1 saturated heterocycles. The van der Waals surface area contributed by atoms with Crippen molar-refractivity contribution in [2.24, 2.45) is 11.7 Å². The first-order chi connectivity index (χ1) is 11.9. The van der Waals surface area contributed by atoms with Gasteiger partial charge in [-0.2, -0.15) is 13.2 Å². The SMILES string of the molecule is CC(C)(C)OC(=O)N1CC(CC(N)=O)[C@H](c2ccc(C(F)(F)F)cc2)C1. The van der Waals surface area contributed by atoms with Gasteiger partial charge < -0.3 is 15.4 Å². The van der Waals surface area contributed by atoms with Crippen molar-refractivity contribution in [2.75, 3.05) is 13.1 Å². The van der Waals surface area contributed by atoms with E-state index in [9.17, 15) is 22.8 Å². The number of alkyl halides is 3. The van der Waals surface area contributed by atoms with Crippen LogP contribution in [0.4, 0.5) is 18.0 Å². The van der Waals surface area contributed by atoms with Gasteiger partial charge in [0, 0.05) is 25.4 Å². The van der Waals surface area contributed by atoms with Gasteiger partial charge in [0.05, 0.1) is 5.56 Å². The number of rotatable bonds is 3. The lowest BCUT2D eigenvalue weighted by Gasteiger charge is -2.24. The average molecular weight is 372 g/mol. The first kappa shape index (κ1) is 20.1. The molecule has 0 aromatic heterocycles. The van der Waals surface area contributed by atoms with Gasteiger partial charge in [-0.15, -0.1) is 0 Å². The Balaban J connectivity index is 2.21. The molecule has 5 nitrogen and oxygen atoms in total. The lowest BCUT2D eigenvalue weighted by Crippen LogP contribution is -2.35. The van der Waals surface area contributed by atoms with Crippen LogP contribution in [0.15, 0.2) is 24.3 Å². The monoisotopic (exact) mass is 372 g/mol. The van der Waals surface area contributed by atoms with Crippen LogP contribution in [0.25, 0.3) is 0 Å². The number of ether oxygens (including phenoxy) is 1. The largest absolute Gasteiger partial charge is 0.444 e. The third-order valence-corrected chi connectivity index (χ3v) is 4.22. The molecule has 26 heavy (non-hydrogen) atoms. The summed E-state index contributed by atoms with van der Waals surface area (Å²) in [5.41, 5.74) is 4.52. The van der Waals surface area contributed by atoms with Gasteiger partial charge in [-0.1, -0.05) is 12.1 Å². The molecule has 0 aliphatic carbocycles. The Morgan fingerprint density at radius 1 is 1.15 bits per heavy atom. The van der Waals surface area contributed by atoms with Gasteiger partial charge in [0.1, 0.15) is 5.60 Å². The molecule has 144 valence electrons. The van der Waals surface area contributed by atoms with Crippen LogP contribution in [0.2, 0.25) is 0 Å². The number of halogens is 3. The van der Waals surface area contributed by atoms with Crippen LogP contribution in [0.5, 0.6) is 0 Å². The van der Waals surface area contributed by atoms with Gasteiger partial charge in [-0.3, -0.25) is 4.79 Å². The highest BCUT2D eigenvalue weighted by Crippen LogP contribution is 2.37. The molecule has 1 heterocycles. The van der Waals surface area contributed by atoms with Crippen LogP contribution >= 0.6 is 0 Å². The zero-order valence-corrected chi connectivity index (χ0v) is 15.0. The number of benzene rings is 1. The van der Waals surface area contributed by atoms with Crippen LogP contribution in [0.3, 0.4) is 0 Å². The van der Waals surface area contributed by atoms with Gasteiger partial charge in [0.2, 0.25) is 5.91 Å². The molecule has 1 aliphatic rings. The van der Waals surface area contributed by atoms with Crippen molar-refractivity contribution in [3.8, 4) is 0 Å². The summed E-state index contributed by atoms with van der Waals surface area (Å²) in [5, 5.41) is 0. The number of nitrogens with two attached hydrogens (primary N) is 1. The smallest absolute Gasteiger partial charge is 0.416 e. The average Bonchev–Trinajstić information content (AvgIpc) is 2.88. The van der Waals surface area contributed by atoms with Crippen molar-refractivity contribution >= 4 is 12.0 Å². The number of carbonyl (C=O) groups excluding carboxylic acids is 2. The summed E-state index contributed by atoms with van der Waals surface area (Å²) in [6.45, 7) is 5.77. The first-order valence-electron chi connectivity index (χ1n) is 8.30. The van der Waals surface area contributed by atoms with E-state index in [4.69, 9.17) is 10.5 Å². The lowest BCUT2D eigenvalue weighted by molar-refractivity contribution is -0.137. The molecule has 1 aliphatic heterocycles. The molecule has 0 saturated carbocycles. The molecule has 2 N–H and O–H groups in total. The highest BCUT2D eigenvalue weighted by Gasteiger charge is 2.39. The summed E-state index contributed by atoms with van der Waals surface area (Å²) in [6.07, 6.45) is -4.88. The molecule has 1 aromatic rings. The van der Waals surface area contributed by atoms with E-state index in [1.807, 2.05) is 0 Å². The Labute approximate surface area is 150 Å². The van der Waals surface area contributed by atoms with Crippen LogP contribution < -0.4 is 5.73 Å². The Morgan fingerprint density at radius 3 is 2.19 bits per heavy atom. The molecule has 0 radical (unpaired) electrons. The van der Waals surface area contributed by atoms with Crippen LogP contribution in [-0.4, -0.2) is 35.6 Å². The van der Waals surface area contributed by atoms with Crippen LogP contribution in [0, 0.1) is 5.92 Å². The zero-order chi connectivity index (χ0) is 19.7. The highest BCUT2D eigenvalue weighted by atomic mass is 19.4. The Morgan fingerprint density at radius 2 is 1.73 bits per heavy atom. The Bertz CT molecular complexity index is 666. The Hall–Kier alpha value is -2.25. The van der Waals surface area contributed by atoms with Crippen molar-refractivity contribution in [3.63, 3.8) is 0 Å². The predicted molar refractivity (Wildman–Crippen MR) is 89.3 cm³/mol. The zero-order valence-electron chi connectivity index (χ0n) is 15.0. The maximum Gasteiger partial charge on any atom is 0.416 e. The maximum atomic E-state index is 12.7.